The first-order valence-corrected chi connectivity index (χ1v) is 10.2. The van der Waals surface area contributed by atoms with E-state index in [4.69, 9.17) is 11.6 Å². The van der Waals surface area contributed by atoms with Gasteiger partial charge in [-0.1, -0.05) is 32.4 Å². The molecule has 0 spiro atoms. The van der Waals surface area contributed by atoms with Gasteiger partial charge in [0.1, 0.15) is 5.82 Å². The summed E-state index contributed by atoms with van der Waals surface area (Å²) < 4.78 is 2.61. The summed E-state index contributed by atoms with van der Waals surface area (Å²) in [5.74, 6) is 0.412. The van der Waals surface area contributed by atoms with E-state index < -0.39 is 5.41 Å². The number of aromatic amines is 1. The summed E-state index contributed by atoms with van der Waals surface area (Å²) in [6.45, 7) is 6.02. The van der Waals surface area contributed by atoms with Crippen molar-refractivity contribution in [3.05, 3.63) is 54.5 Å². The molecular formula is C18H18BrClN4O2S. The number of anilines is 1. The van der Waals surface area contributed by atoms with Gasteiger partial charge in [-0.15, -0.1) is 11.3 Å². The first-order chi connectivity index (χ1) is 12.6. The summed E-state index contributed by atoms with van der Waals surface area (Å²) in [4.78, 5) is 28.3. The average Bonchev–Trinajstić information content (AvgIpc) is 3.16. The van der Waals surface area contributed by atoms with E-state index in [2.05, 4.69) is 31.3 Å². The first kappa shape index (κ1) is 19.9. The maximum atomic E-state index is 12.8. The third kappa shape index (κ3) is 4.69. The van der Waals surface area contributed by atoms with Crippen molar-refractivity contribution in [1.29, 1.82) is 0 Å². The Morgan fingerprint density at radius 3 is 2.67 bits per heavy atom. The molecule has 0 bridgehead atoms. The zero-order valence-corrected chi connectivity index (χ0v) is 18.1. The Kier molecular flexibility index (Phi) is 5.60. The number of carbonyl (C=O) groups is 1. The largest absolute Gasteiger partial charge is 0.365 e. The molecule has 3 aromatic rings. The Morgan fingerprint density at radius 2 is 2.07 bits per heavy atom. The lowest BCUT2D eigenvalue weighted by molar-refractivity contribution is 0.0752. The molecule has 0 unspecified atom stereocenters. The van der Waals surface area contributed by atoms with Crippen LogP contribution in [0.1, 0.15) is 30.4 Å². The third-order valence-corrected chi connectivity index (χ3v) is 5.38. The van der Waals surface area contributed by atoms with Gasteiger partial charge < -0.3 is 10.3 Å². The van der Waals surface area contributed by atoms with Crippen LogP contribution in [0.25, 0.3) is 11.3 Å². The number of hydrogen-bond donors (Lipinski definition) is 2. The minimum Gasteiger partial charge on any atom is -0.365 e. The number of halogens is 2. The van der Waals surface area contributed by atoms with E-state index in [0.717, 1.165) is 4.88 Å². The fourth-order valence-corrected chi connectivity index (χ4v) is 3.87. The van der Waals surface area contributed by atoms with Crippen LogP contribution in [-0.2, 0) is 6.54 Å². The van der Waals surface area contributed by atoms with Crippen LogP contribution in [0.5, 0.6) is 0 Å². The molecule has 3 rings (SSSR count). The molecule has 0 aliphatic rings. The van der Waals surface area contributed by atoms with Crippen molar-refractivity contribution in [2.45, 2.75) is 27.3 Å². The van der Waals surface area contributed by atoms with Crippen molar-refractivity contribution in [2.75, 3.05) is 5.32 Å². The number of hydrogen-bond acceptors (Lipinski definition) is 5. The van der Waals surface area contributed by atoms with E-state index in [1.807, 2.05) is 32.9 Å². The van der Waals surface area contributed by atoms with E-state index in [-0.39, 0.29) is 11.5 Å². The lowest BCUT2D eigenvalue weighted by atomic mass is 9.96. The van der Waals surface area contributed by atoms with Crippen LogP contribution in [0.15, 0.2) is 39.7 Å². The number of thiophene rings is 1. The van der Waals surface area contributed by atoms with E-state index in [9.17, 15) is 9.59 Å². The molecule has 0 saturated heterocycles. The molecule has 6 nitrogen and oxygen atoms in total. The van der Waals surface area contributed by atoms with Crippen LogP contribution in [-0.4, -0.2) is 20.7 Å². The summed E-state index contributed by atoms with van der Waals surface area (Å²) in [7, 11) is 0. The second-order valence-electron chi connectivity index (χ2n) is 7.02. The van der Waals surface area contributed by atoms with Crippen LogP contribution < -0.4 is 10.9 Å². The van der Waals surface area contributed by atoms with Gasteiger partial charge in [-0.05, 0) is 34.1 Å². The van der Waals surface area contributed by atoms with Crippen LogP contribution in [0.2, 0.25) is 4.34 Å². The van der Waals surface area contributed by atoms with Gasteiger partial charge in [0.05, 0.1) is 21.2 Å². The molecule has 2 N–H and O–H groups in total. The summed E-state index contributed by atoms with van der Waals surface area (Å²) in [6, 6.07) is 8.72. The predicted octanol–water partition coefficient (Wildman–Crippen LogP) is 5.01. The Morgan fingerprint density at radius 1 is 1.33 bits per heavy atom. The normalized spacial score (nSPS) is 11.6. The van der Waals surface area contributed by atoms with Gasteiger partial charge >= 0.3 is 0 Å². The quantitative estimate of drug-likeness (QED) is 0.526. The number of nitrogens with one attached hydrogen (secondary N) is 2. The van der Waals surface area contributed by atoms with Crippen molar-refractivity contribution < 1.29 is 4.79 Å². The summed E-state index contributed by atoms with van der Waals surface area (Å²) in [5.41, 5.74) is 0.291. The molecule has 0 aliphatic heterocycles. The molecule has 3 heterocycles. The highest BCUT2D eigenvalue weighted by molar-refractivity contribution is 9.10. The molecule has 27 heavy (non-hydrogen) atoms. The van der Waals surface area contributed by atoms with Gasteiger partial charge in [-0.2, -0.15) is 9.78 Å². The van der Waals surface area contributed by atoms with Gasteiger partial charge in [0.25, 0.3) is 5.91 Å². The van der Waals surface area contributed by atoms with Gasteiger partial charge in [-0.3, -0.25) is 9.59 Å². The highest BCUT2D eigenvalue weighted by Crippen LogP contribution is 2.27. The van der Waals surface area contributed by atoms with Crippen molar-refractivity contribution >= 4 is 50.6 Å². The van der Waals surface area contributed by atoms with E-state index in [0.29, 0.717) is 32.6 Å². The standard InChI is InChI=1S/C18H18BrClN4O2S/c1-18(2,3)17(26)24-15(21-9-11-4-5-14(20)27-11)8-12(23-24)10-6-13(19)22-16(25)7-10/h4-8,21H,9H2,1-3H3,(H,22,25). The second kappa shape index (κ2) is 7.61. The Bertz CT molecular complexity index is 1050. The summed E-state index contributed by atoms with van der Waals surface area (Å²) >= 11 is 10.7. The minimum absolute atomic E-state index is 0.149. The lowest BCUT2D eigenvalue weighted by Gasteiger charge is -2.18. The fourth-order valence-electron chi connectivity index (χ4n) is 2.40. The molecular weight excluding hydrogens is 452 g/mol. The van der Waals surface area contributed by atoms with Crippen LogP contribution in [0.3, 0.4) is 0 Å². The number of pyridine rings is 1. The Labute approximate surface area is 173 Å². The average molecular weight is 470 g/mol. The lowest BCUT2D eigenvalue weighted by Crippen LogP contribution is -2.28. The van der Waals surface area contributed by atoms with Gasteiger partial charge in [0.15, 0.2) is 0 Å². The monoisotopic (exact) mass is 468 g/mol. The van der Waals surface area contributed by atoms with Gasteiger partial charge in [0.2, 0.25) is 5.56 Å². The first-order valence-electron chi connectivity index (χ1n) is 8.17. The number of rotatable bonds is 4. The smallest absolute Gasteiger partial charge is 0.254 e. The molecule has 0 aliphatic carbocycles. The van der Waals surface area contributed by atoms with Crippen LogP contribution in [0.4, 0.5) is 5.82 Å². The van der Waals surface area contributed by atoms with E-state index >= 15 is 0 Å². The van der Waals surface area contributed by atoms with E-state index in [1.165, 1.54) is 22.1 Å². The summed E-state index contributed by atoms with van der Waals surface area (Å²) in [5, 5.41) is 7.70. The van der Waals surface area contributed by atoms with Gasteiger partial charge in [0, 0.05) is 28.0 Å². The number of aromatic nitrogens is 3. The molecule has 9 heteroatoms. The van der Waals surface area contributed by atoms with Crippen molar-refractivity contribution in [3.63, 3.8) is 0 Å². The molecule has 0 radical (unpaired) electrons. The molecule has 142 valence electrons. The fraction of sp³-hybridized carbons (Fsp3) is 0.278. The second-order valence-corrected chi connectivity index (χ2v) is 9.68. The third-order valence-electron chi connectivity index (χ3n) is 3.72. The predicted molar refractivity (Wildman–Crippen MR) is 113 cm³/mol. The molecule has 0 atom stereocenters. The van der Waals surface area contributed by atoms with Crippen molar-refractivity contribution in [2.24, 2.45) is 5.41 Å². The molecule has 0 fully saturated rings. The van der Waals surface area contributed by atoms with Gasteiger partial charge in [-0.25, -0.2) is 0 Å². The van der Waals surface area contributed by atoms with Crippen LogP contribution >= 0.6 is 38.9 Å². The SMILES string of the molecule is CC(C)(C)C(=O)n1nc(-c2cc(Br)[nH]c(=O)c2)cc1NCc1ccc(Cl)s1. The molecule has 0 aromatic carbocycles. The molecule has 0 amide bonds. The minimum atomic E-state index is -0.610. The zero-order chi connectivity index (χ0) is 19.8. The zero-order valence-electron chi connectivity index (χ0n) is 15.0. The maximum absolute atomic E-state index is 12.8. The van der Waals surface area contributed by atoms with Crippen molar-refractivity contribution in [3.8, 4) is 11.3 Å². The molecule has 0 saturated carbocycles. The number of H-pyrrole nitrogens is 1. The number of nitrogens with zero attached hydrogens (tertiary/aromatic N) is 2. The Balaban J connectivity index is 2.00. The van der Waals surface area contributed by atoms with Crippen molar-refractivity contribution in [1.82, 2.24) is 14.8 Å². The topological polar surface area (TPSA) is 79.8 Å². The number of carbonyl (C=O) groups excluding carboxylic acids is 1. The van der Waals surface area contributed by atoms with Crippen LogP contribution in [0, 0.1) is 5.41 Å². The highest BCUT2D eigenvalue weighted by Gasteiger charge is 2.27. The van der Waals surface area contributed by atoms with E-state index in [1.54, 1.807) is 12.1 Å². The molecule has 3 aromatic heterocycles. The Hall–Kier alpha value is -1.90. The summed E-state index contributed by atoms with van der Waals surface area (Å²) in [6.07, 6.45) is 0. The maximum Gasteiger partial charge on any atom is 0.254 e. The highest BCUT2D eigenvalue weighted by atomic mass is 79.9.